The van der Waals surface area contributed by atoms with E-state index in [1.807, 2.05) is 11.6 Å². The maximum absolute atomic E-state index is 9.58. The lowest BCUT2D eigenvalue weighted by atomic mass is 10.0. The van der Waals surface area contributed by atoms with Gasteiger partial charge in [0, 0.05) is 12.6 Å². The molecule has 1 N–H and O–H groups in total. The number of hydrogen-bond donors (Lipinski definition) is 1. The molecule has 1 saturated heterocycles. The van der Waals surface area contributed by atoms with E-state index >= 15 is 0 Å². The molecule has 1 aliphatic heterocycles. The molecule has 1 aromatic rings. The van der Waals surface area contributed by atoms with Gasteiger partial charge in [0.2, 0.25) is 0 Å². The Bertz CT molecular complexity index is 361. The van der Waals surface area contributed by atoms with E-state index < -0.39 is 0 Å². The van der Waals surface area contributed by atoms with Gasteiger partial charge in [-0.1, -0.05) is 0 Å². The molecular weight excluding hydrogens is 216 g/mol. The molecule has 1 aromatic heterocycles. The van der Waals surface area contributed by atoms with Crippen molar-refractivity contribution < 1.29 is 5.11 Å². The summed E-state index contributed by atoms with van der Waals surface area (Å²) in [5.41, 5.74) is 0. The zero-order valence-corrected chi connectivity index (χ0v) is 10.9. The minimum Gasteiger partial charge on any atom is -0.393 e. The first-order valence-corrected chi connectivity index (χ1v) is 6.36. The number of aliphatic hydroxyl groups is 1. The molecule has 0 radical (unpaired) electrons. The largest absolute Gasteiger partial charge is 0.393 e. The standard InChI is InChI=1S/C12H22N4O/c1-9(2)16-12(13-8-14-16)7-15-5-4-11(6-15)10(3)17/h8-11,17H,4-7H2,1-3H3. The second kappa shape index (κ2) is 5.14. The molecule has 0 amide bonds. The van der Waals surface area contributed by atoms with Crippen LogP contribution in [0.4, 0.5) is 0 Å². The molecule has 5 nitrogen and oxygen atoms in total. The molecule has 2 rings (SSSR count). The van der Waals surface area contributed by atoms with Crippen molar-refractivity contribution in [2.24, 2.45) is 5.92 Å². The predicted octanol–water partition coefficient (Wildman–Crippen LogP) is 1.06. The van der Waals surface area contributed by atoms with E-state index in [0.29, 0.717) is 12.0 Å². The van der Waals surface area contributed by atoms with E-state index in [1.54, 1.807) is 6.33 Å². The predicted molar refractivity (Wildman–Crippen MR) is 65.5 cm³/mol. The molecule has 0 aromatic carbocycles. The third kappa shape index (κ3) is 2.84. The number of likely N-dealkylation sites (tertiary alicyclic amines) is 1. The fourth-order valence-corrected chi connectivity index (χ4v) is 2.42. The summed E-state index contributed by atoms with van der Waals surface area (Å²) in [6.07, 6.45) is 2.49. The van der Waals surface area contributed by atoms with Crippen LogP contribution in [0.5, 0.6) is 0 Å². The van der Waals surface area contributed by atoms with Crippen LogP contribution in [0.2, 0.25) is 0 Å². The van der Waals surface area contributed by atoms with Gasteiger partial charge >= 0.3 is 0 Å². The van der Waals surface area contributed by atoms with Gasteiger partial charge in [-0.05, 0) is 39.7 Å². The van der Waals surface area contributed by atoms with Gasteiger partial charge in [-0.25, -0.2) is 9.67 Å². The lowest BCUT2D eigenvalue weighted by Crippen LogP contribution is -2.25. The van der Waals surface area contributed by atoms with E-state index in [9.17, 15) is 5.11 Å². The highest BCUT2D eigenvalue weighted by Gasteiger charge is 2.26. The lowest BCUT2D eigenvalue weighted by molar-refractivity contribution is 0.126. The van der Waals surface area contributed by atoms with Crippen molar-refractivity contribution in [1.29, 1.82) is 0 Å². The average molecular weight is 238 g/mol. The Kier molecular flexibility index (Phi) is 3.79. The Morgan fingerprint density at radius 3 is 2.82 bits per heavy atom. The minimum atomic E-state index is -0.206. The zero-order chi connectivity index (χ0) is 12.4. The van der Waals surface area contributed by atoms with Gasteiger partial charge in [-0.15, -0.1) is 0 Å². The van der Waals surface area contributed by atoms with Gasteiger partial charge < -0.3 is 5.11 Å². The molecule has 0 bridgehead atoms. The SMILES string of the molecule is CC(O)C1CCN(Cc2ncnn2C(C)C)C1. The fourth-order valence-electron chi connectivity index (χ4n) is 2.42. The first kappa shape index (κ1) is 12.5. The molecule has 17 heavy (non-hydrogen) atoms. The number of hydrogen-bond acceptors (Lipinski definition) is 4. The quantitative estimate of drug-likeness (QED) is 0.852. The third-order valence-electron chi connectivity index (χ3n) is 3.49. The summed E-state index contributed by atoms with van der Waals surface area (Å²) >= 11 is 0. The Morgan fingerprint density at radius 2 is 2.24 bits per heavy atom. The van der Waals surface area contributed by atoms with Crippen LogP contribution in [-0.4, -0.2) is 44.0 Å². The molecular formula is C12H22N4O. The summed E-state index contributed by atoms with van der Waals surface area (Å²) in [5, 5.41) is 13.8. The van der Waals surface area contributed by atoms with Crippen molar-refractivity contribution in [2.45, 2.75) is 45.9 Å². The van der Waals surface area contributed by atoms with E-state index in [4.69, 9.17) is 0 Å². The van der Waals surface area contributed by atoms with Crippen molar-refractivity contribution in [3.05, 3.63) is 12.2 Å². The molecule has 5 heteroatoms. The van der Waals surface area contributed by atoms with E-state index in [1.165, 1.54) is 0 Å². The van der Waals surface area contributed by atoms with Crippen LogP contribution in [-0.2, 0) is 6.54 Å². The van der Waals surface area contributed by atoms with Crippen molar-refractivity contribution >= 4 is 0 Å². The number of nitrogens with zero attached hydrogens (tertiary/aromatic N) is 4. The summed E-state index contributed by atoms with van der Waals surface area (Å²) in [6.45, 7) is 8.94. The molecule has 2 heterocycles. The highest BCUT2D eigenvalue weighted by Crippen LogP contribution is 2.21. The maximum atomic E-state index is 9.58. The normalized spacial score (nSPS) is 23.5. The molecule has 0 saturated carbocycles. The van der Waals surface area contributed by atoms with Crippen molar-refractivity contribution in [1.82, 2.24) is 19.7 Å². The second-order valence-electron chi connectivity index (χ2n) is 5.24. The molecule has 1 aliphatic rings. The molecule has 0 aliphatic carbocycles. The Hall–Kier alpha value is -0.940. The monoisotopic (exact) mass is 238 g/mol. The Balaban J connectivity index is 1.96. The van der Waals surface area contributed by atoms with Gasteiger partial charge in [0.05, 0.1) is 12.6 Å². The van der Waals surface area contributed by atoms with Gasteiger partial charge in [0.1, 0.15) is 12.2 Å². The highest BCUT2D eigenvalue weighted by atomic mass is 16.3. The van der Waals surface area contributed by atoms with Gasteiger partial charge in [-0.2, -0.15) is 5.10 Å². The smallest absolute Gasteiger partial charge is 0.141 e. The maximum Gasteiger partial charge on any atom is 0.141 e. The van der Waals surface area contributed by atoms with E-state index in [0.717, 1.165) is 31.9 Å². The average Bonchev–Trinajstić information content (AvgIpc) is 2.86. The summed E-state index contributed by atoms with van der Waals surface area (Å²) < 4.78 is 1.97. The number of rotatable bonds is 4. The topological polar surface area (TPSA) is 54.2 Å². The Morgan fingerprint density at radius 1 is 1.47 bits per heavy atom. The number of aromatic nitrogens is 3. The van der Waals surface area contributed by atoms with Crippen molar-refractivity contribution in [2.75, 3.05) is 13.1 Å². The fraction of sp³-hybridized carbons (Fsp3) is 0.833. The van der Waals surface area contributed by atoms with Crippen LogP contribution in [0.1, 0.15) is 39.1 Å². The van der Waals surface area contributed by atoms with Gasteiger partial charge in [0.15, 0.2) is 0 Å². The minimum absolute atomic E-state index is 0.206. The first-order chi connectivity index (χ1) is 8.08. The van der Waals surface area contributed by atoms with Crippen LogP contribution < -0.4 is 0 Å². The first-order valence-electron chi connectivity index (χ1n) is 6.36. The van der Waals surface area contributed by atoms with Crippen molar-refractivity contribution in [3.63, 3.8) is 0 Å². The van der Waals surface area contributed by atoms with Crippen LogP contribution in [0.15, 0.2) is 6.33 Å². The summed E-state index contributed by atoms with van der Waals surface area (Å²) in [6, 6.07) is 0.350. The summed E-state index contributed by atoms with van der Waals surface area (Å²) in [4.78, 5) is 6.67. The highest BCUT2D eigenvalue weighted by molar-refractivity contribution is 4.89. The van der Waals surface area contributed by atoms with Crippen LogP contribution in [0.3, 0.4) is 0 Å². The van der Waals surface area contributed by atoms with Gasteiger partial charge in [0.25, 0.3) is 0 Å². The summed E-state index contributed by atoms with van der Waals surface area (Å²) in [7, 11) is 0. The third-order valence-corrected chi connectivity index (χ3v) is 3.49. The molecule has 2 atom stereocenters. The van der Waals surface area contributed by atoms with Gasteiger partial charge in [-0.3, -0.25) is 4.90 Å². The zero-order valence-electron chi connectivity index (χ0n) is 10.9. The van der Waals surface area contributed by atoms with Crippen LogP contribution >= 0.6 is 0 Å². The molecule has 96 valence electrons. The molecule has 0 spiro atoms. The summed E-state index contributed by atoms with van der Waals surface area (Å²) in [5.74, 6) is 1.43. The molecule has 1 fully saturated rings. The number of aliphatic hydroxyl groups excluding tert-OH is 1. The molecule has 2 unspecified atom stereocenters. The van der Waals surface area contributed by atoms with E-state index in [-0.39, 0.29) is 6.10 Å². The van der Waals surface area contributed by atoms with Crippen LogP contribution in [0, 0.1) is 5.92 Å². The second-order valence-corrected chi connectivity index (χ2v) is 5.24. The van der Waals surface area contributed by atoms with E-state index in [2.05, 4.69) is 28.8 Å². The van der Waals surface area contributed by atoms with Crippen molar-refractivity contribution in [3.8, 4) is 0 Å². The Labute approximate surface area is 102 Å². The lowest BCUT2D eigenvalue weighted by Gasteiger charge is -2.18. The van der Waals surface area contributed by atoms with Crippen LogP contribution in [0.25, 0.3) is 0 Å².